The van der Waals surface area contributed by atoms with Gasteiger partial charge in [0.25, 0.3) is 0 Å². The maximum absolute atomic E-state index is 11.7. The van der Waals surface area contributed by atoms with Gasteiger partial charge in [-0.2, -0.15) is 0 Å². The van der Waals surface area contributed by atoms with Gasteiger partial charge in [-0.3, -0.25) is 4.79 Å². The quantitative estimate of drug-likeness (QED) is 0.907. The molecule has 0 aliphatic heterocycles. The zero-order valence-electron chi connectivity index (χ0n) is 11.5. The van der Waals surface area contributed by atoms with E-state index < -0.39 is 0 Å². The number of hydrogen-bond donors (Lipinski definition) is 1. The Bertz CT molecular complexity index is 465. The Balaban J connectivity index is 2.98. The van der Waals surface area contributed by atoms with Gasteiger partial charge in [0.05, 0.1) is 16.6 Å². The third-order valence-corrected chi connectivity index (χ3v) is 3.05. The molecule has 106 valence electrons. The molecule has 1 aromatic rings. The SMILES string of the molecule is CCNc1nc(N(C)CC(=O)N(C)C)c(Cl)cc1Cl. The lowest BCUT2D eigenvalue weighted by Crippen LogP contribution is -2.34. The van der Waals surface area contributed by atoms with Crippen LogP contribution in [-0.2, 0) is 4.79 Å². The fraction of sp³-hybridized carbons (Fsp3) is 0.500. The topological polar surface area (TPSA) is 48.5 Å². The van der Waals surface area contributed by atoms with Crippen LogP contribution in [0.5, 0.6) is 0 Å². The van der Waals surface area contributed by atoms with Crippen LogP contribution in [0.2, 0.25) is 10.0 Å². The molecule has 0 unspecified atom stereocenters. The van der Waals surface area contributed by atoms with E-state index in [1.54, 1.807) is 32.1 Å². The molecule has 1 amide bonds. The van der Waals surface area contributed by atoms with Gasteiger partial charge >= 0.3 is 0 Å². The number of aromatic nitrogens is 1. The number of carbonyl (C=O) groups is 1. The molecule has 0 aliphatic carbocycles. The first kappa shape index (κ1) is 15.9. The Morgan fingerprint density at radius 2 is 1.95 bits per heavy atom. The number of carbonyl (C=O) groups excluding carboxylic acids is 1. The first-order valence-electron chi connectivity index (χ1n) is 5.88. The average Bonchev–Trinajstić information content (AvgIpc) is 2.32. The van der Waals surface area contributed by atoms with E-state index in [2.05, 4.69) is 10.3 Å². The molecule has 1 aromatic heterocycles. The van der Waals surface area contributed by atoms with Crippen molar-refractivity contribution in [2.45, 2.75) is 6.92 Å². The molecule has 0 aromatic carbocycles. The van der Waals surface area contributed by atoms with Gasteiger partial charge in [-0.05, 0) is 13.0 Å². The lowest BCUT2D eigenvalue weighted by atomic mass is 10.4. The molecule has 7 heteroatoms. The Labute approximate surface area is 123 Å². The fourth-order valence-corrected chi connectivity index (χ4v) is 2.00. The summed E-state index contributed by atoms with van der Waals surface area (Å²) in [6.07, 6.45) is 0. The van der Waals surface area contributed by atoms with Crippen molar-refractivity contribution in [2.24, 2.45) is 0 Å². The second kappa shape index (κ2) is 6.82. The molecule has 0 bridgehead atoms. The van der Waals surface area contributed by atoms with Gasteiger partial charge < -0.3 is 15.1 Å². The summed E-state index contributed by atoms with van der Waals surface area (Å²) in [5, 5.41) is 3.93. The second-order valence-electron chi connectivity index (χ2n) is 4.30. The van der Waals surface area contributed by atoms with Crippen molar-refractivity contribution >= 4 is 40.7 Å². The summed E-state index contributed by atoms with van der Waals surface area (Å²) in [7, 11) is 5.17. The normalized spacial score (nSPS) is 10.2. The Morgan fingerprint density at radius 3 is 2.47 bits per heavy atom. The summed E-state index contributed by atoms with van der Waals surface area (Å²) in [6.45, 7) is 2.85. The van der Waals surface area contributed by atoms with Gasteiger partial charge in [0.15, 0.2) is 0 Å². The van der Waals surface area contributed by atoms with Crippen LogP contribution in [-0.4, -0.2) is 50.0 Å². The van der Waals surface area contributed by atoms with Crippen molar-refractivity contribution in [3.05, 3.63) is 16.1 Å². The van der Waals surface area contributed by atoms with E-state index in [0.29, 0.717) is 28.2 Å². The first-order chi connectivity index (χ1) is 8.86. The molecule has 0 atom stereocenters. The lowest BCUT2D eigenvalue weighted by molar-refractivity contribution is -0.127. The van der Waals surface area contributed by atoms with Crippen LogP contribution in [0, 0.1) is 0 Å². The highest BCUT2D eigenvalue weighted by atomic mass is 35.5. The van der Waals surface area contributed by atoms with Gasteiger partial charge in [-0.1, -0.05) is 23.2 Å². The van der Waals surface area contributed by atoms with Crippen molar-refractivity contribution in [2.75, 3.05) is 44.4 Å². The molecular formula is C12H18Cl2N4O. The van der Waals surface area contributed by atoms with Crippen LogP contribution in [0.15, 0.2) is 6.07 Å². The van der Waals surface area contributed by atoms with Crippen LogP contribution < -0.4 is 10.2 Å². The number of likely N-dealkylation sites (N-methyl/N-ethyl adjacent to an activating group) is 2. The van der Waals surface area contributed by atoms with Crippen molar-refractivity contribution < 1.29 is 4.79 Å². The predicted octanol–water partition coefficient (Wildman–Crippen LogP) is 2.34. The molecule has 0 saturated heterocycles. The smallest absolute Gasteiger partial charge is 0.241 e. The molecule has 0 spiro atoms. The number of nitrogens with zero attached hydrogens (tertiary/aromatic N) is 3. The van der Waals surface area contributed by atoms with Crippen molar-refractivity contribution in [1.82, 2.24) is 9.88 Å². The lowest BCUT2D eigenvalue weighted by Gasteiger charge is -2.22. The van der Waals surface area contributed by atoms with Gasteiger partial charge in [0.2, 0.25) is 5.91 Å². The Hall–Kier alpha value is -1.20. The van der Waals surface area contributed by atoms with Gasteiger partial charge in [0, 0.05) is 27.7 Å². The van der Waals surface area contributed by atoms with Crippen LogP contribution >= 0.6 is 23.2 Å². The fourth-order valence-electron chi connectivity index (χ4n) is 1.44. The molecule has 1 heterocycles. The zero-order chi connectivity index (χ0) is 14.6. The highest BCUT2D eigenvalue weighted by Gasteiger charge is 2.15. The predicted molar refractivity (Wildman–Crippen MR) is 80.4 cm³/mol. The number of halogens is 2. The van der Waals surface area contributed by atoms with E-state index >= 15 is 0 Å². The third-order valence-electron chi connectivity index (χ3n) is 2.49. The van der Waals surface area contributed by atoms with Crippen LogP contribution in [0.1, 0.15) is 6.92 Å². The molecule has 5 nitrogen and oxygen atoms in total. The number of rotatable bonds is 5. The maximum atomic E-state index is 11.7. The summed E-state index contributed by atoms with van der Waals surface area (Å²) in [5.41, 5.74) is 0. The largest absolute Gasteiger partial charge is 0.369 e. The monoisotopic (exact) mass is 304 g/mol. The van der Waals surface area contributed by atoms with E-state index in [9.17, 15) is 4.79 Å². The summed E-state index contributed by atoms with van der Waals surface area (Å²) >= 11 is 12.2. The van der Waals surface area contributed by atoms with E-state index in [1.165, 1.54) is 4.90 Å². The molecule has 0 fully saturated rings. The number of amides is 1. The number of anilines is 2. The summed E-state index contributed by atoms with van der Waals surface area (Å²) in [4.78, 5) is 19.3. The summed E-state index contributed by atoms with van der Waals surface area (Å²) in [6, 6.07) is 1.63. The van der Waals surface area contributed by atoms with E-state index in [0.717, 1.165) is 0 Å². The molecular weight excluding hydrogens is 287 g/mol. The van der Waals surface area contributed by atoms with Gasteiger partial charge in [0.1, 0.15) is 11.6 Å². The van der Waals surface area contributed by atoms with Crippen molar-refractivity contribution in [1.29, 1.82) is 0 Å². The standard InChI is InChI=1S/C12H18Cl2N4O/c1-5-15-11-8(13)6-9(14)12(16-11)18(4)7-10(19)17(2)3/h6H,5,7H2,1-4H3,(H,15,16). The molecule has 0 radical (unpaired) electrons. The number of nitrogens with one attached hydrogen (secondary N) is 1. The van der Waals surface area contributed by atoms with E-state index in [-0.39, 0.29) is 12.5 Å². The van der Waals surface area contributed by atoms with Gasteiger partial charge in [-0.25, -0.2) is 4.98 Å². The molecule has 1 rings (SSSR count). The highest BCUT2D eigenvalue weighted by Crippen LogP contribution is 2.30. The van der Waals surface area contributed by atoms with Crippen molar-refractivity contribution in [3.63, 3.8) is 0 Å². The van der Waals surface area contributed by atoms with Crippen LogP contribution in [0.4, 0.5) is 11.6 Å². The first-order valence-corrected chi connectivity index (χ1v) is 6.63. The Morgan fingerprint density at radius 1 is 1.32 bits per heavy atom. The molecule has 19 heavy (non-hydrogen) atoms. The minimum atomic E-state index is -0.0275. The summed E-state index contributed by atoms with van der Waals surface area (Å²) in [5.74, 6) is 1.06. The molecule has 0 aliphatic rings. The van der Waals surface area contributed by atoms with Crippen LogP contribution in [0.25, 0.3) is 0 Å². The minimum absolute atomic E-state index is 0.0275. The number of hydrogen-bond acceptors (Lipinski definition) is 4. The zero-order valence-corrected chi connectivity index (χ0v) is 13.0. The van der Waals surface area contributed by atoms with Crippen molar-refractivity contribution in [3.8, 4) is 0 Å². The third kappa shape index (κ3) is 4.14. The Kier molecular flexibility index (Phi) is 5.69. The van der Waals surface area contributed by atoms with Crippen LogP contribution in [0.3, 0.4) is 0 Å². The van der Waals surface area contributed by atoms with Gasteiger partial charge in [-0.15, -0.1) is 0 Å². The van der Waals surface area contributed by atoms with E-state index in [4.69, 9.17) is 23.2 Å². The summed E-state index contributed by atoms with van der Waals surface area (Å²) < 4.78 is 0. The maximum Gasteiger partial charge on any atom is 0.241 e. The average molecular weight is 305 g/mol. The second-order valence-corrected chi connectivity index (χ2v) is 5.11. The minimum Gasteiger partial charge on any atom is -0.369 e. The van der Waals surface area contributed by atoms with E-state index in [1.807, 2.05) is 6.92 Å². The molecule has 0 saturated carbocycles. The molecule has 1 N–H and O–H groups in total. The highest BCUT2D eigenvalue weighted by molar-refractivity contribution is 6.37. The number of pyridine rings is 1.